The third kappa shape index (κ3) is 2.76. The number of anilines is 1. The average Bonchev–Trinajstić information content (AvgIpc) is 3.10. The second-order valence-electron chi connectivity index (χ2n) is 6.40. The summed E-state index contributed by atoms with van der Waals surface area (Å²) in [6.45, 7) is 1.62. The second kappa shape index (κ2) is 6.44. The van der Waals surface area contributed by atoms with E-state index in [1.165, 1.54) is 6.20 Å². The molecule has 5 nitrogen and oxygen atoms in total. The molecule has 1 saturated heterocycles. The van der Waals surface area contributed by atoms with Gasteiger partial charge in [-0.15, -0.1) is 0 Å². The molecule has 0 saturated carbocycles. The summed E-state index contributed by atoms with van der Waals surface area (Å²) in [5.74, 6) is -0.600. The Hall–Kier alpha value is -1.76. The number of halogens is 2. The van der Waals surface area contributed by atoms with E-state index in [1.54, 1.807) is 24.3 Å². The summed E-state index contributed by atoms with van der Waals surface area (Å²) in [5, 5.41) is 11.4. The summed E-state index contributed by atoms with van der Waals surface area (Å²) in [6, 6.07) is 6.46. The van der Waals surface area contributed by atoms with Crippen molar-refractivity contribution in [1.82, 2.24) is 4.98 Å². The van der Waals surface area contributed by atoms with E-state index in [4.69, 9.17) is 23.2 Å². The molecule has 26 heavy (non-hydrogen) atoms. The molecule has 0 amide bonds. The van der Waals surface area contributed by atoms with Crippen molar-refractivity contribution in [3.05, 3.63) is 57.3 Å². The van der Waals surface area contributed by atoms with Gasteiger partial charge in [0.1, 0.15) is 10.6 Å². The van der Waals surface area contributed by atoms with Crippen molar-refractivity contribution in [3.63, 3.8) is 0 Å². The topological polar surface area (TPSA) is 70.5 Å². The zero-order valence-corrected chi connectivity index (χ0v) is 16.1. The molecule has 136 valence electrons. The predicted molar refractivity (Wildman–Crippen MR) is 104 cm³/mol. The maximum atomic E-state index is 12.9. The number of aliphatic hydroxyl groups excluding tert-OH is 1. The molecule has 2 aliphatic heterocycles. The van der Waals surface area contributed by atoms with Crippen LogP contribution in [0.4, 0.5) is 5.69 Å². The molecular formula is C18H16Cl2N2O3S. The molecular weight excluding hydrogens is 395 g/mol. The molecule has 0 atom stereocenters. The minimum Gasteiger partial charge on any atom is -0.504 e. The maximum Gasteiger partial charge on any atom is 0.186 e. The van der Waals surface area contributed by atoms with Crippen LogP contribution in [0.25, 0.3) is 10.7 Å². The molecule has 0 unspecified atom stereocenters. The van der Waals surface area contributed by atoms with Crippen LogP contribution >= 0.6 is 23.2 Å². The van der Waals surface area contributed by atoms with E-state index in [2.05, 4.69) is 4.98 Å². The second-order valence-corrected chi connectivity index (χ2v) is 9.11. The third-order valence-corrected chi connectivity index (χ3v) is 7.13. The molecule has 0 bridgehead atoms. The molecule has 2 aromatic rings. The van der Waals surface area contributed by atoms with Crippen LogP contribution in [0.3, 0.4) is 0 Å². The van der Waals surface area contributed by atoms with Gasteiger partial charge < -0.3 is 10.0 Å². The highest BCUT2D eigenvalue weighted by Crippen LogP contribution is 2.45. The summed E-state index contributed by atoms with van der Waals surface area (Å²) >= 11 is 12.9. The van der Waals surface area contributed by atoms with E-state index in [0.29, 0.717) is 16.3 Å². The molecule has 0 radical (unpaired) electrons. The van der Waals surface area contributed by atoms with Gasteiger partial charge in [0.2, 0.25) is 0 Å². The van der Waals surface area contributed by atoms with Crippen LogP contribution in [0.1, 0.15) is 29.7 Å². The van der Waals surface area contributed by atoms with Crippen molar-refractivity contribution in [2.75, 3.05) is 18.0 Å². The Balaban J connectivity index is 1.96. The van der Waals surface area contributed by atoms with Crippen molar-refractivity contribution in [2.24, 2.45) is 0 Å². The zero-order valence-electron chi connectivity index (χ0n) is 13.7. The molecule has 0 spiro atoms. The summed E-state index contributed by atoms with van der Waals surface area (Å²) in [5.41, 5.74) is 1.61. The number of rotatable bonds is 2. The fraction of sp³-hybridized carbons (Fsp3) is 0.278. The van der Waals surface area contributed by atoms with Gasteiger partial charge in [-0.25, -0.2) is 8.42 Å². The van der Waals surface area contributed by atoms with Gasteiger partial charge in [0.05, 0.1) is 21.5 Å². The number of hydrogen-bond acceptors (Lipinski definition) is 5. The number of aromatic nitrogens is 1. The molecule has 1 fully saturated rings. The monoisotopic (exact) mass is 410 g/mol. The van der Waals surface area contributed by atoms with Gasteiger partial charge in [-0.1, -0.05) is 35.3 Å². The Labute approximate surface area is 161 Å². The first-order valence-corrected chi connectivity index (χ1v) is 10.6. The number of fused-ring (bicyclic) bond motifs is 1. The molecule has 1 N–H and O–H groups in total. The maximum absolute atomic E-state index is 12.9. The van der Waals surface area contributed by atoms with Crippen molar-refractivity contribution in [3.8, 4) is 0 Å². The molecule has 4 rings (SSSR count). The number of nitrogens with zero attached hydrogens (tertiary/aromatic N) is 2. The summed E-state index contributed by atoms with van der Waals surface area (Å²) in [7, 11) is -3.77. The van der Waals surface area contributed by atoms with Crippen molar-refractivity contribution >= 4 is 49.4 Å². The summed E-state index contributed by atoms with van der Waals surface area (Å²) < 4.78 is 25.7. The number of aliphatic hydroxyl groups is 1. The Morgan fingerprint density at radius 3 is 2.58 bits per heavy atom. The molecule has 2 aliphatic rings. The van der Waals surface area contributed by atoms with Crippen LogP contribution < -0.4 is 4.90 Å². The van der Waals surface area contributed by atoms with Gasteiger partial charge in [-0.2, -0.15) is 0 Å². The largest absolute Gasteiger partial charge is 0.504 e. The Kier molecular flexibility index (Phi) is 4.37. The molecule has 0 aliphatic carbocycles. The van der Waals surface area contributed by atoms with Crippen LogP contribution in [0.5, 0.6) is 0 Å². The number of benzene rings is 1. The van der Waals surface area contributed by atoms with Crippen molar-refractivity contribution < 1.29 is 13.5 Å². The lowest BCUT2D eigenvalue weighted by molar-refractivity contribution is 0.508. The smallest absolute Gasteiger partial charge is 0.186 e. The van der Waals surface area contributed by atoms with Gasteiger partial charge in [0.15, 0.2) is 15.6 Å². The number of hydrogen-bond donors (Lipinski definition) is 1. The highest BCUT2D eigenvalue weighted by atomic mass is 35.5. The normalized spacial score (nSPS) is 18.9. The van der Waals surface area contributed by atoms with Crippen molar-refractivity contribution in [1.29, 1.82) is 0 Å². The van der Waals surface area contributed by atoms with Gasteiger partial charge in [0, 0.05) is 24.8 Å². The molecule has 1 aromatic carbocycles. The first kappa shape index (κ1) is 17.6. The average molecular weight is 411 g/mol. The van der Waals surface area contributed by atoms with Gasteiger partial charge in [-0.05, 0) is 30.5 Å². The first-order valence-electron chi connectivity index (χ1n) is 8.24. The highest BCUT2D eigenvalue weighted by Gasteiger charge is 2.35. The van der Waals surface area contributed by atoms with Crippen LogP contribution in [0, 0.1) is 0 Å². The van der Waals surface area contributed by atoms with E-state index < -0.39 is 9.84 Å². The van der Waals surface area contributed by atoms with Crippen LogP contribution in [-0.4, -0.2) is 31.6 Å². The van der Waals surface area contributed by atoms with Gasteiger partial charge in [-0.3, -0.25) is 4.98 Å². The van der Waals surface area contributed by atoms with E-state index >= 15 is 0 Å². The Bertz CT molecular complexity index is 1030. The number of pyridine rings is 1. The molecule has 1 aromatic heterocycles. The standard InChI is InChI=1S/C18H16Cl2N2O3S/c19-13-6-5-12(14(20)16(13)22-8-1-2-9-22)18-17(23)15-11(4-3-7-21-15)10-26(18,24)25/h3-7,23H,1-2,8-10H2. The lowest BCUT2D eigenvalue weighted by Crippen LogP contribution is -2.20. The first-order chi connectivity index (χ1) is 12.4. The lowest BCUT2D eigenvalue weighted by Gasteiger charge is -2.24. The summed E-state index contributed by atoms with van der Waals surface area (Å²) in [4.78, 5) is 6.00. The van der Waals surface area contributed by atoms with Crippen LogP contribution in [0.2, 0.25) is 10.0 Å². The minimum atomic E-state index is -3.77. The zero-order chi connectivity index (χ0) is 18.5. The fourth-order valence-corrected chi connectivity index (χ4v) is 5.99. The van der Waals surface area contributed by atoms with E-state index in [0.717, 1.165) is 25.9 Å². The van der Waals surface area contributed by atoms with Gasteiger partial charge >= 0.3 is 0 Å². The lowest BCUT2D eigenvalue weighted by atomic mass is 10.1. The van der Waals surface area contributed by atoms with Crippen molar-refractivity contribution in [2.45, 2.75) is 18.6 Å². The Morgan fingerprint density at radius 1 is 1.12 bits per heavy atom. The Morgan fingerprint density at radius 2 is 1.85 bits per heavy atom. The minimum absolute atomic E-state index is 0.189. The fourth-order valence-electron chi connectivity index (χ4n) is 3.54. The summed E-state index contributed by atoms with van der Waals surface area (Å²) in [6.07, 6.45) is 3.57. The third-order valence-electron chi connectivity index (χ3n) is 4.72. The van der Waals surface area contributed by atoms with E-state index in [9.17, 15) is 13.5 Å². The van der Waals surface area contributed by atoms with Gasteiger partial charge in [0.25, 0.3) is 0 Å². The molecule has 8 heteroatoms. The molecule has 3 heterocycles. The van der Waals surface area contributed by atoms with E-state index in [-0.39, 0.29) is 32.7 Å². The van der Waals surface area contributed by atoms with Crippen LogP contribution in [0.15, 0.2) is 30.5 Å². The van der Waals surface area contributed by atoms with Crippen LogP contribution in [-0.2, 0) is 15.6 Å². The quantitative estimate of drug-likeness (QED) is 0.798. The number of sulfone groups is 1. The SMILES string of the molecule is O=S1(=O)Cc2cccnc2C(O)=C1c1ccc(Cl)c(N2CCCC2)c1Cl. The predicted octanol–water partition coefficient (Wildman–Crippen LogP) is 4.30. The van der Waals surface area contributed by atoms with E-state index in [1.807, 2.05) is 4.90 Å². The highest BCUT2D eigenvalue weighted by molar-refractivity contribution is 8.00.